The van der Waals surface area contributed by atoms with E-state index in [4.69, 9.17) is 10.5 Å². The highest BCUT2D eigenvalue weighted by Gasteiger charge is 2.13. The predicted octanol–water partition coefficient (Wildman–Crippen LogP) is 0.650. The molecule has 76 valence electrons. The van der Waals surface area contributed by atoms with Crippen molar-refractivity contribution in [2.24, 2.45) is 0 Å². The monoisotopic (exact) mass is 194 g/mol. The number of nitrogens with two attached hydrogens (primary N) is 1. The van der Waals surface area contributed by atoms with Crippen molar-refractivity contribution in [3.05, 3.63) is 12.4 Å². The molecule has 0 atom stereocenters. The lowest BCUT2D eigenvalue weighted by Crippen LogP contribution is -2.28. The van der Waals surface area contributed by atoms with Crippen LogP contribution in [0.25, 0.3) is 0 Å². The Morgan fingerprint density at radius 2 is 2.14 bits per heavy atom. The highest BCUT2D eigenvalue weighted by molar-refractivity contribution is 5.39. The molecule has 1 aromatic rings. The molecular weight excluding hydrogens is 180 g/mol. The van der Waals surface area contributed by atoms with Gasteiger partial charge in [0.25, 0.3) is 0 Å². The molecule has 0 aromatic carbocycles. The van der Waals surface area contributed by atoms with Crippen LogP contribution in [0, 0.1) is 0 Å². The lowest BCUT2D eigenvalue weighted by Gasteiger charge is -2.23. The minimum absolute atomic E-state index is 0.430. The minimum Gasteiger partial charge on any atom is -0.382 e. The van der Waals surface area contributed by atoms with Crippen molar-refractivity contribution in [2.45, 2.75) is 18.9 Å². The van der Waals surface area contributed by atoms with Gasteiger partial charge in [0.05, 0.1) is 12.4 Å². The van der Waals surface area contributed by atoms with E-state index in [1.165, 1.54) is 6.20 Å². The van der Waals surface area contributed by atoms with E-state index < -0.39 is 0 Å². The number of rotatable bonds is 2. The van der Waals surface area contributed by atoms with Crippen LogP contribution < -0.4 is 11.1 Å². The lowest BCUT2D eigenvalue weighted by atomic mass is 10.1. The average molecular weight is 194 g/mol. The number of nitrogens with zero attached hydrogens (tertiary/aromatic N) is 2. The van der Waals surface area contributed by atoms with Crippen LogP contribution in [-0.4, -0.2) is 29.2 Å². The van der Waals surface area contributed by atoms with Gasteiger partial charge in [-0.05, 0) is 12.8 Å². The fourth-order valence-corrected chi connectivity index (χ4v) is 1.50. The van der Waals surface area contributed by atoms with Crippen LogP contribution >= 0.6 is 0 Å². The summed E-state index contributed by atoms with van der Waals surface area (Å²) in [5, 5.41) is 3.29. The van der Waals surface area contributed by atoms with Crippen molar-refractivity contribution in [1.82, 2.24) is 9.97 Å². The fraction of sp³-hybridized carbons (Fsp3) is 0.556. The maximum Gasteiger partial charge on any atom is 0.147 e. The summed E-state index contributed by atoms with van der Waals surface area (Å²) in [5.41, 5.74) is 5.53. The van der Waals surface area contributed by atoms with Crippen LogP contribution in [0.1, 0.15) is 12.8 Å². The van der Waals surface area contributed by atoms with Crippen LogP contribution in [0.5, 0.6) is 0 Å². The van der Waals surface area contributed by atoms with Crippen LogP contribution in [0.15, 0.2) is 12.4 Å². The number of ether oxygens (including phenoxy) is 1. The molecule has 5 nitrogen and oxygen atoms in total. The molecule has 0 aliphatic carbocycles. The van der Waals surface area contributed by atoms with Gasteiger partial charge in [-0.3, -0.25) is 4.98 Å². The Bertz CT molecular complexity index is 299. The molecule has 1 aliphatic rings. The Balaban J connectivity index is 1.95. The van der Waals surface area contributed by atoms with Gasteiger partial charge in [-0.1, -0.05) is 0 Å². The standard InChI is InChI=1S/C9H14N4O/c10-8-5-11-6-9(13-8)12-7-1-3-14-4-2-7/h5-7H,1-4H2,(H3,10,12,13). The smallest absolute Gasteiger partial charge is 0.147 e. The van der Waals surface area contributed by atoms with Gasteiger partial charge in [0.15, 0.2) is 0 Å². The molecule has 0 amide bonds. The van der Waals surface area contributed by atoms with Crippen molar-refractivity contribution >= 4 is 11.6 Å². The lowest BCUT2D eigenvalue weighted by molar-refractivity contribution is 0.0904. The molecule has 1 aromatic heterocycles. The molecule has 14 heavy (non-hydrogen) atoms. The summed E-state index contributed by atoms with van der Waals surface area (Å²) in [7, 11) is 0. The van der Waals surface area contributed by atoms with E-state index in [-0.39, 0.29) is 0 Å². The summed E-state index contributed by atoms with van der Waals surface area (Å²) < 4.78 is 5.26. The molecule has 1 saturated heterocycles. The van der Waals surface area contributed by atoms with E-state index >= 15 is 0 Å². The average Bonchev–Trinajstić information content (AvgIpc) is 2.19. The first-order chi connectivity index (χ1) is 6.84. The van der Waals surface area contributed by atoms with Gasteiger partial charge in [-0.2, -0.15) is 0 Å². The Labute approximate surface area is 82.7 Å². The van der Waals surface area contributed by atoms with E-state index in [0.717, 1.165) is 31.9 Å². The molecule has 2 rings (SSSR count). The maximum absolute atomic E-state index is 5.53. The second-order valence-corrected chi connectivity index (χ2v) is 3.36. The van der Waals surface area contributed by atoms with E-state index in [9.17, 15) is 0 Å². The summed E-state index contributed by atoms with van der Waals surface area (Å²) in [4.78, 5) is 8.10. The molecule has 0 radical (unpaired) electrons. The van der Waals surface area contributed by atoms with Crippen molar-refractivity contribution in [1.29, 1.82) is 0 Å². The van der Waals surface area contributed by atoms with Gasteiger partial charge in [0.1, 0.15) is 11.6 Å². The second-order valence-electron chi connectivity index (χ2n) is 3.36. The van der Waals surface area contributed by atoms with Gasteiger partial charge in [0, 0.05) is 19.3 Å². The third-order valence-corrected chi connectivity index (χ3v) is 2.23. The van der Waals surface area contributed by atoms with Crippen molar-refractivity contribution in [3.8, 4) is 0 Å². The summed E-state index contributed by atoms with van der Waals surface area (Å²) >= 11 is 0. The maximum atomic E-state index is 5.53. The van der Waals surface area contributed by atoms with E-state index in [1.54, 1.807) is 6.20 Å². The van der Waals surface area contributed by atoms with Crippen LogP contribution in [0.2, 0.25) is 0 Å². The van der Waals surface area contributed by atoms with E-state index in [1.807, 2.05) is 0 Å². The Hall–Kier alpha value is -1.36. The van der Waals surface area contributed by atoms with Gasteiger partial charge >= 0.3 is 0 Å². The molecule has 2 heterocycles. The number of hydrogen-bond donors (Lipinski definition) is 2. The highest BCUT2D eigenvalue weighted by atomic mass is 16.5. The molecular formula is C9H14N4O. The molecule has 1 aliphatic heterocycles. The largest absolute Gasteiger partial charge is 0.382 e. The van der Waals surface area contributed by atoms with Crippen LogP contribution in [0.3, 0.4) is 0 Å². The van der Waals surface area contributed by atoms with E-state index in [2.05, 4.69) is 15.3 Å². The van der Waals surface area contributed by atoms with Gasteiger partial charge in [-0.25, -0.2) is 4.98 Å². The number of anilines is 2. The molecule has 0 unspecified atom stereocenters. The predicted molar refractivity (Wildman–Crippen MR) is 53.9 cm³/mol. The van der Waals surface area contributed by atoms with Crippen molar-refractivity contribution < 1.29 is 4.74 Å². The normalized spacial score (nSPS) is 18.0. The summed E-state index contributed by atoms with van der Waals surface area (Å²) in [6.07, 6.45) is 5.24. The van der Waals surface area contributed by atoms with Gasteiger partial charge in [-0.15, -0.1) is 0 Å². The number of hydrogen-bond acceptors (Lipinski definition) is 5. The summed E-state index contributed by atoms with van der Waals surface area (Å²) in [5.74, 6) is 1.19. The van der Waals surface area contributed by atoms with E-state index in [0.29, 0.717) is 11.9 Å². The zero-order valence-electron chi connectivity index (χ0n) is 7.94. The quantitative estimate of drug-likeness (QED) is 0.723. The van der Waals surface area contributed by atoms with Crippen molar-refractivity contribution in [3.63, 3.8) is 0 Å². The molecule has 0 spiro atoms. The summed E-state index contributed by atoms with van der Waals surface area (Å²) in [6.45, 7) is 1.63. The van der Waals surface area contributed by atoms with Gasteiger partial charge in [0.2, 0.25) is 0 Å². The first kappa shape index (κ1) is 9.21. The topological polar surface area (TPSA) is 73.1 Å². The summed E-state index contributed by atoms with van der Waals surface area (Å²) in [6, 6.07) is 0.430. The Kier molecular flexibility index (Phi) is 2.78. The molecule has 0 saturated carbocycles. The molecule has 5 heteroatoms. The zero-order valence-corrected chi connectivity index (χ0v) is 7.94. The Morgan fingerprint density at radius 1 is 1.36 bits per heavy atom. The Morgan fingerprint density at radius 3 is 2.86 bits per heavy atom. The number of aromatic nitrogens is 2. The molecule has 1 fully saturated rings. The third-order valence-electron chi connectivity index (χ3n) is 2.23. The van der Waals surface area contributed by atoms with Crippen LogP contribution in [0.4, 0.5) is 11.6 Å². The zero-order chi connectivity index (χ0) is 9.80. The molecule has 3 N–H and O–H groups in total. The SMILES string of the molecule is Nc1cncc(NC2CCOCC2)n1. The minimum atomic E-state index is 0.430. The highest BCUT2D eigenvalue weighted by Crippen LogP contribution is 2.12. The van der Waals surface area contributed by atoms with Gasteiger partial charge < -0.3 is 15.8 Å². The molecule has 0 bridgehead atoms. The van der Waals surface area contributed by atoms with Crippen LogP contribution in [-0.2, 0) is 4.74 Å². The second kappa shape index (κ2) is 4.23. The third kappa shape index (κ3) is 2.32. The van der Waals surface area contributed by atoms with Crippen molar-refractivity contribution in [2.75, 3.05) is 24.3 Å². The number of nitrogen functional groups attached to an aromatic ring is 1. The first-order valence-electron chi connectivity index (χ1n) is 4.76. The first-order valence-corrected chi connectivity index (χ1v) is 4.76. The number of nitrogens with one attached hydrogen (secondary N) is 1. The fourth-order valence-electron chi connectivity index (χ4n) is 1.50.